The second kappa shape index (κ2) is 10.7. The van der Waals surface area contributed by atoms with Crippen molar-refractivity contribution < 1.29 is 22.4 Å². The number of nitrogens with zero attached hydrogens (tertiary/aromatic N) is 3. The van der Waals surface area contributed by atoms with E-state index in [9.17, 15) is 18.0 Å². The molecular formula is C26H23N5O5S2. The molecule has 0 radical (unpaired) electrons. The summed E-state index contributed by atoms with van der Waals surface area (Å²) in [6.07, 6.45) is 3.05. The summed E-state index contributed by atoms with van der Waals surface area (Å²) in [6.45, 7) is 2.11. The van der Waals surface area contributed by atoms with Crippen LogP contribution < -0.4 is 10.0 Å². The average molecular weight is 550 g/mol. The maximum Gasteiger partial charge on any atom is 0.264 e. The number of hydrogen-bond donors (Lipinski definition) is 2. The molecule has 0 aliphatic carbocycles. The molecule has 2 N–H and O–H groups in total. The number of benzene rings is 2. The lowest BCUT2D eigenvalue weighted by atomic mass is 10.1. The molecule has 5 rings (SSSR count). The summed E-state index contributed by atoms with van der Waals surface area (Å²) in [5.41, 5.74) is 2.40. The Morgan fingerprint density at radius 3 is 2.55 bits per heavy atom. The van der Waals surface area contributed by atoms with Crippen molar-refractivity contribution in [3.63, 3.8) is 0 Å². The summed E-state index contributed by atoms with van der Waals surface area (Å²) >= 11 is 1.53. The van der Waals surface area contributed by atoms with Crippen LogP contribution >= 0.6 is 11.8 Å². The van der Waals surface area contributed by atoms with Crippen LogP contribution in [-0.2, 0) is 21.4 Å². The Balaban J connectivity index is 1.23. The first-order chi connectivity index (χ1) is 18.3. The lowest BCUT2D eigenvalue weighted by Crippen LogP contribution is -2.27. The van der Waals surface area contributed by atoms with Crippen LogP contribution in [0.15, 0.2) is 88.5 Å². The topological polar surface area (TPSA) is 134 Å². The molecule has 1 fully saturated rings. The molecule has 1 atom stereocenters. The van der Waals surface area contributed by atoms with Crippen LogP contribution in [0.1, 0.15) is 32.7 Å². The van der Waals surface area contributed by atoms with Gasteiger partial charge < -0.3 is 14.6 Å². The fraction of sp³-hybridized carbons (Fsp3) is 0.154. The largest absolute Gasteiger partial charge is 0.467 e. The third kappa shape index (κ3) is 5.71. The van der Waals surface area contributed by atoms with Gasteiger partial charge in [-0.3, -0.25) is 9.59 Å². The van der Waals surface area contributed by atoms with Gasteiger partial charge in [-0.15, -0.1) is 11.8 Å². The lowest BCUT2D eigenvalue weighted by Gasteiger charge is -2.23. The standard InChI is InChI=1S/C26H23N5O5S2/c1-17-12-13-27-26(28-17)30-38(34,35)22-10-8-20(9-11-22)29-24(33)18-4-6-19(7-5-18)25-31(23(32)16-37-25)15-21-3-2-14-36-21/h2-14,25H,15-16H2,1H3,(H,29,33)(H,27,28,30)/t25-/m0/s1. The number of nitrogens with one attached hydrogen (secondary N) is 2. The van der Waals surface area contributed by atoms with Gasteiger partial charge >= 0.3 is 0 Å². The Labute approximate surface area is 223 Å². The van der Waals surface area contributed by atoms with E-state index in [-0.39, 0.29) is 28.0 Å². The highest BCUT2D eigenvalue weighted by Crippen LogP contribution is 2.39. The molecule has 10 nitrogen and oxygen atoms in total. The zero-order valence-electron chi connectivity index (χ0n) is 20.2. The third-order valence-electron chi connectivity index (χ3n) is 5.78. The number of carbonyl (C=O) groups excluding carboxylic acids is 2. The van der Waals surface area contributed by atoms with Crippen molar-refractivity contribution in [2.75, 3.05) is 15.8 Å². The number of aromatic nitrogens is 2. The van der Waals surface area contributed by atoms with Gasteiger partial charge in [0.25, 0.3) is 15.9 Å². The van der Waals surface area contributed by atoms with Crippen molar-refractivity contribution in [1.29, 1.82) is 0 Å². The molecule has 1 saturated heterocycles. The summed E-state index contributed by atoms with van der Waals surface area (Å²) in [5, 5.41) is 2.60. The van der Waals surface area contributed by atoms with E-state index >= 15 is 0 Å². The molecule has 3 heterocycles. The fourth-order valence-corrected chi connectivity index (χ4v) is 6.01. The maximum atomic E-state index is 12.8. The van der Waals surface area contributed by atoms with Gasteiger partial charge in [0, 0.05) is 23.1 Å². The molecule has 0 spiro atoms. The van der Waals surface area contributed by atoms with Crippen LogP contribution in [0.5, 0.6) is 0 Å². The highest BCUT2D eigenvalue weighted by molar-refractivity contribution is 8.00. The van der Waals surface area contributed by atoms with Gasteiger partial charge in [0.2, 0.25) is 11.9 Å². The van der Waals surface area contributed by atoms with Crippen molar-refractivity contribution in [2.24, 2.45) is 0 Å². The highest BCUT2D eigenvalue weighted by atomic mass is 32.2. The number of sulfonamides is 1. The van der Waals surface area contributed by atoms with Crippen molar-refractivity contribution in [2.45, 2.75) is 23.7 Å². The number of carbonyl (C=O) groups is 2. The smallest absolute Gasteiger partial charge is 0.264 e. The molecule has 194 valence electrons. The molecule has 2 amide bonds. The molecule has 1 aliphatic rings. The first kappa shape index (κ1) is 25.5. The zero-order chi connectivity index (χ0) is 26.7. The Morgan fingerprint density at radius 1 is 1.11 bits per heavy atom. The summed E-state index contributed by atoms with van der Waals surface area (Å²) in [7, 11) is -3.89. The predicted molar refractivity (Wildman–Crippen MR) is 143 cm³/mol. The van der Waals surface area contributed by atoms with Gasteiger partial charge in [0.05, 0.1) is 23.5 Å². The van der Waals surface area contributed by atoms with Crippen LogP contribution in [0.25, 0.3) is 0 Å². The summed E-state index contributed by atoms with van der Waals surface area (Å²) in [6, 6.07) is 18.1. The Bertz CT molecular complexity index is 1560. The van der Waals surface area contributed by atoms with Gasteiger partial charge in [0.15, 0.2) is 0 Å². The fourth-order valence-electron chi connectivity index (χ4n) is 3.87. The number of rotatable bonds is 8. The Hall–Kier alpha value is -4.16. The second-order valence-electron chi connectivity index (χ2n) is 8.49. The minimum Gasteiger partial charge on any atom is -0.467 e. The molecule has 2 aromatic carbocycles. The van der Waals surface area contributed by atoms with Crippen molar-refractivity contribution in [1.82, 2.24) is 14.9 Å². The van der Waals surface area contributed by atoms with Crippen LogP contribution in [-0.4, -0.2) is 40.9 Å². The Kier molecular flexibility index (Phi) is 7.16. The van der Waals surface area contributed by atoms with Gasteiger partial charge in [-0.05, 0) is 67.1 Å². The van der Waals surface area contributed by atoms with Crippen molar-refractivity contribution in [3.8, 4) is 0 Å². The molecule has 0 bridgehead atoms. The van der Waals surface area contributed by atoms with E-state index in [0.717, 1.165) is 5.56 Å². The monoisotopic (exact) mass is 549 g/mol. The molecular weight excluding hydrogens is 526 g/mol. The number of hydrogen-bond acceptors (Lipinski definition) is 8. The van der Waals surface area contributed by atoms with E-state index in [1.807, 2.05) is 18.2 Å². The normalized spacial score (nSPS) is 15.4. The van der Waals surface area contributed by atoms with Crippen LogP contribution in [0.2, 0.25) is 0 Å². The van der Waals surface area contributed by atoms with Gasteiger partial charge in [-0.2, -0.15) is 0 Å². The van der Waals surface area contributed by atoms with E-state index in [4.69, 9.17) is 4.42 Å². The molecule has 0 saturated carbocycles. The molecule has 1 aliphatic heterocycles. The van der Waals surface area contributed by atoms with Gasteiger partial charge in [-0.25, -0.2) is 23.1 Å². The first-order valence-electron chi connectivity index (χ1n) is 11.6. The number of furan rings is 1. The SMILES string of the molecule is Cc1ccnc(NS(=O)(=O)c2ccc(NC(=O)c3ccc([C@@H]4SCC(=O)N4Cc4ccco4)cc3)cc2)n1. The Morgan fingerprint density at radius 2 is 1.87 bits per heavy atom. The number of amides is 2. The maximum absolute atomic E-state index is 12.8. The quantitative estimate of drug-likeness (QED) is 0.334. The molecule has 2 aromatic heterocycles. The van der Waals surface area contributed by atoms with E-state index in [0.29, 0.717) is 35.0 Å². The van der Waals surface area contributed by atoms with E-state index in [2.05, 4.69) is 20.0 Å². The number of aryl methyl sites for hydroxylation is 1. The summed E-state index contributed by atoms with van der Waals surface area (Å²) < 4.78 is 33.0. The minimum atomic E-state index is -3.89. The molecule has 4 aromatic rings. The van der Waals surface area contributed by atoms with E-state index < -0.39 is 10.0 Å². The van der Waals surface area contributed by atoms with Crippen molar-refractivity contribution in [3.05, 3.63) is 102 Å². The van der Waals surface area contributed by atoms with Gasteiger partial charge in [0.1, 0.15) is 11.1 Å². The van der Waals surface area contributed by atoms with Crippen molar-refractivity contribution >= 4 is 45.2 Å². The lowest BCUT2D eigenvalue weighted by molar-refractivity contribution is -0.128. The molecule has 0 unspecified atom stereocenters. The van der Waals surface area contributed by atoms with Crippen LogP contribution in [0.4, 0.5) is 11.6 Å². The molecule has 38 heavy (non-hydrogen) atoms. The molecule has 12 heteroatoms. The first-order valence-corrected chi connectivity index (χ1v) is 14.1. The average Bonchev–Trinajstić information content (AvgIpc) is 3.54. The second-order valence-corrected chi connectivity index (χ2v) is 11.2. The predicted octanol–water partition coefficient (Wildman–Crippen LogP) is 4.21. The van der Waals surface area contributed by atoms with Gasteiger partial charge in [-0.1, -0.05) is 12.1 Å². The van der Waals surface area contributed by atoms with E-state index in [1.54, 1.807) is 42.4 Å². The van der Waals surface area contributed by atoms with Crippen LogP contribution in [0.3, 0.4) is 0 Å². The number of thioether (sulfide) groups is 1. The third-order valence-corrected chi connectivity index (χ3v) is 8.38. The summed E-state index contributed by atoms with van der Waals surface area (Å²) in [5.74, 6) is 0.758. The van der Waals surface area contributed by atoms with Crippen LogP contribution in [0, 0.1) is 6.92 Å². The highest BCUT2D eigenvalue weighted by Gasteiger charge is 2.33. The minimum absolute atomic E-state index is 0.00710. The number of anilines is 2. The zero-order valence-corrected chi connectivity index (χ0v) is 21.8. The summed E-state index contributed by atoms with van der Waals surface area (Å²) in [4.78, 5) is 34.9. The van der Waals surface area contributed by atoms with E-state index in [1.165, 1.54) is 42.2 Å².